The molecule has 1 aromatic rings. The lowest BCUT2D eigenvalue weighted by Crippen LogP contribution is -2.19. The van der Waals surface area contributed by atoms with Gasteiger partial charge in [-0.1, -0.05) is 18.2 Å². The molecule has 0 bridgehead atoms. The van der Waals surface area contributed by atoms with E-state index in [4.69, 9.17) is 9.47 Å². The van der Waals surface area contributed by atoms with Crippen molar-refractivity contribution in [2.45, 2.75) is 25.7 Å². The maximum absolute atomic E-state index is 11.8. The summed E-state index contributed by atoms with van der Waals surface area (Å²) in [5.74, 6) is 1.65. The molecule has 3 heteroatoms. The van der Waals surface area contributed by atoms with Crippen molar-refractivity contribution in [1.82, 2.24) is 0 Å². The van der Waals surface area contributed by atoms with Gasteiger partial charge in [0.15, 0.2) is 0 Å². The van der Waals surface area contributed by atoms with Gasteiger partial charge in [0.1, 0.15) is 11.5 Å². The molecular formula is C15H20O3. The molecule has 0 amide bonds. The molecule has 0 N–H and O–H groups in total. The van der Waals surface area contributed by atoms with Crippen LogP contribution >= 0.6 is 0 Å². The van der Waals surface area contributed by atoms with E-state index in [0.717, 1.165) is 31.8 Å². The molecule has 0 unspecified atom stereocenters. The summed E-state index contributed by atoms with van der Waals surface area (Å²) >= 11 is 0. The first-order chi connectivity index (χ1) is 8.84. The third-order valence-corrected chi connectivity index (χ3v) is 3.25. The van der Waals surface area contributed by atoms with Gasteiger partial charge in [0.05, 0.1) is 6.61 Å². The molecule has 0 spiro atoms. The van der Waals surface area contributed by atoms with Crippen LogP contribution in [0.4, 0.5) is 0 Å². The normalized spacial score (nSPS) is 16.4. The van der Waals surface area contributed by atoms with Crippen molar-refractivity contribution in [1.29, 1.82) is 0 Å². The lowest BCUT2D eigenvalue weighted by atomic mass is 9.93. The molecule has 0 aliphatic carbocycles. The van der Waals surface area contributed by atoms with Crippen LogP contribution in [0.15, 0.2) is 30.3 Å². The summed E-state index contributed by atoms with van der Waals surface area (Å²) in [5, 5.41) is 0. The highest BCUT2D eigenvalue weighted by Crippen LogP contribution is 2.19. The summed E-state index contributed by atoms with van der Waals surface area (Å²) in [4.78, 5) is 11.8. The fraction of sp³-hybridized carbons (Fsp3) is 0.533. The van der Waals surface area contributed by atoms with E-state index in [1.54, 1.807) is 0 Å². The Balaban J connectivity index is 1.62. The molecule has 18 heavy (non-hydrogen) atoms. The van der Waals surface area contributed by atoms with Crippen LogP contribution in [0.3, 0.4) is 0 Å². The number of hydrogen-bond donors (Lipinski definition) is 0. The number of para-hydroxylation sites is 1. The average Bonchev–Trinajstić information content (AvgIpc) is 2.41. The minimum Gasteiger partial charge on any atom is -0.493 e. The maximum atomic E-state index is 11.8. The highest BCUT2D eigenvalue weighted by molar-refractivity contribution is 5.78. The van der Waals surface area contributed by atoms with Crippen LogP contribution in [0.25, 0.3) is 0 Å². The summed E-state index contributed by atoms with van der Waals surface area (Å²) in [5.41, 5.74) is 0. The number of hydrogen-bond acceptors (Lipinski definition) is 3. The van der Waals surface area contributed by atoms with Gasteiger partial charge in [-0.2, -0.15) is 0 Å². The van der Waals surface area contributed by atoms with E-state index in [9.17, 15) is 4.79 Å². The van der Waals surface area contributed by atoms with Crippen LogP contribution in [0, 0.1) is 5.92 Å². The molecule has 0 aromatic heterocycles. The van der Waals surface area contributed by atoms with Gasteiger partial charge in [-0.15, -0.1) is 0 Å². The Bertz CT molecular complexity index is 355. The van der Waals surface area contributed by atoms with Crippen molar-refractivity contribution in [3.05, 3.63) is 30.3 Å². The SMILES string of the molecule is O=C(CCOc1ccccc1)CC1CCOCC1. The molecule has 1 heterocycles. The van der Waals surface area contributed by atoms with E-state index in [1.807, 2.05) is 30.3 Å². The van der Waals surface area contributed by atoms with Crippen LogP contribution in [0.2, 0.25) is 0 Å². The fourth-order valence-electron chi connectivity index (χ4n) is 2.17. The van der Waals surface area contributed by atoms with Gasteiger partial charge in [0, 0.05) is 26.1 Å². The molecule has 1 saturated heterocycles. The first-order valence-electron chi connectivity index (χ1n) is 6.62. The Morgan fingerprint density at radius 1 is 1.22 bits per heavy atom. The largest absolute Gasteiger partial charge is 0.493 e. The summed E-state index contributed by atoms with van der Waals surface area (Å²) in [6.45, 7) is 2.09. The quantitative estimate of drug-likeness (QED) is 0.776. The molecule has 3 nitrogen and oxygen atoms in total. The Labute approximate surface area is 108 Å². The molecule has 1 aliphatic heterocycles. The van der Waals surface area contributed by atoms with Crippen molar-refractivity contribution in [3.8, 4) is 5.75 Å². The number of ether oxygens (including phenoxy) is 2. The minimum absolute atomic E-state index is 0.304. The topological polar surface area (TPSA) is 35.5 Å². The average molecular weight is 248 g/mol. The van der Waals surface area contributed by atoms with Crippen LogP contribution < -0.4 is 4.74 Å². The maximum Gasteiger partial charge on any atom is 0.136 e. The number of benzene rings is 1. The standard InChI is InChI=1S/C15H20O3/c16-14(12-13-6-9-17-10-7-13)8-11-18-15-4-2-1-3-5-15/h1-5,13H,6-12H2. The molecule has 98 valence electrons. The van der Waals surface area contributed by atoms with Crippen molar-refractivity contribution >= 4 is 5.78 Å². The van der Waals surface area contributed by atoms with Crippen molar-refractivity contribution in [2.24, 2.45) is 5.92 Å². The Morgan fingerprint density at radius 2 is 1.94 bits per heavy atom. The molecule has 1 aromatic carbocycles. The predicted molar refractivity (Wildman–Crippen MR) is 69.7 cm³/mol. The molecule has 2 rings (SSSR count). The van der Waals surface area contributed by atoms with E-state index >= 15 is 0 Å². The Hall–Kier alpha value is -1.35. The van der Waals surface area contributed by atoms with Gasteiger partial charge >= 0.3 is 0 Å². The summed E-state index contributed by atoms with van der Waals surface area (Å²) in [6.07, 6.45) is 3.23. The van der Waals surface area contributed by atoms with Gasteiger partial charge in [0.25, 0.3) is 0 Å². The van der Waals surface area contributed by atoms with Gasteiger partial charge in [-0.25, -0.2) is 0 Å². The van der Waals surface area contributed by atoms with Gasteiger partial charge in [0.2, 0.25) is 0 Å². The fourth-order valence-corrected chi connectivity index (χ4v) is 2.17. The predicted octanol–water partition coefficient (Wildman–Crippen LogP) is 2.84. The first-order valence-corrected chi connectivity index (χ1v) is 6.62. The molecule has 1 fully saturated rings. The van der Waals surface area contributed by atoms with Crippen molar-refractivity contribution < 1.29 is 14.3 Å². The van der Waals surface area contributed by atoms with E-state index in [-0.39, 0.29) is 0 Å². The number of ketones is 1. The molecular weight excluding hydrogens is 228 g/mol. The number of Topliss-reactive ketones (excluding diaryl/α,β-unsaturated/α-hetero) is 1. The minimum atomic E-state index is 0.304. The smallest absolute Gasteiger partial charge is 0.136 e. The van der Waals surface area contributed by atoms with Crippen LogP contribution in [-0.2, 0) is 9.53 Å². The summed E-state index contributed by atoms with van der Waals surface area (Å²) < 4.78 is 10.8. The molecule has 0 atom stereocenters. The second-order valence-electron chi connectivity index (χ2n) is 4.71. The number of carbonyl (C=O) groups is 1. The third-order valence-electron chi connectivity index (χ3n) is 3.25. The lowest BCUT2D eigenvalue weighted by Gasteiger charge is -2.21. The molecule has 0 saturated carbocycles. The Morgan fingerprint density at radius 3 is 2.67 bits per heavy atom. The highest BCUT2D eigenvalue weighted by Gasteiger charge is 2.17. The zero-order valence-corrected chi connectivity index (χ0v) is 10.6. The van der Waals surface area contributed by atoms with E-state index in [0.29, 0.717) is 31.1 Å². The number of rotatable bonds is 6. The van der Waals surface area contributed by atoms with Crippen LogP contribution in [0.1, 0.15) is 25.7 Å². The lowest BCUT2D eigenvalue weighted by molar-refractivity contribution is -0.121. The van der Waals surface area contributed by atoms with E-state index in [1.165, 1.54) is 0 Å². The molecule has 0 radical (unpaired) electrons. The highest BCUT2D eigenvalue weighted by atomic mass is 16.5. The van der Waals surface area contributed by atoms with Gasteiger partial charge < -0.3 is 9.47 Å². The summed E-state index contributed by atoms with van der Waals surface area (Å²) in [6, 6.07) is 9.62. The summed E-state index contributed by atoms with van der Waals surface area (Å²) in [7, 11) is 0. The van der Waals surface area contributed by atoms with Crippen LogP contribution in [0.5, 0.6) is 5.75 Å². The second kappa shape index (κ2) is 7.17. The number of carbonyl (C=O) groups excluding carboxylic acids is 1. The zero-order chi connectivity index (χ0) is 12.6. The zero-order valence-electron chi connectivity index (χ0n) is 10.6. The van der Waals surface area contributed by atoms with E-state index < -0.39 is 0 Å². The van der Waals surface area contributed by atoms with Crippen molar-refractivity contribution in [2.75, 3.05) is 19.8 Å². The monoisotopic (exact) mass is 248 g/mol. The van der Waals surface area contributed by atoms with E-state index in [2.05, 4.69) is 0 Å². The third kappa shape index (κ3) is 4.49. The Kier molecular flexibility index (Phi) is 5.21. The first kappa shape index (κ1) is 13.1. The second-order valence-corrected chi connectivity index (χ2v) is 4.71. The van der Waals surface area contributed by atoms with Gasteiger partial charge in [-0.3, -0.25) is 4.79 Å². The van der Waals surface area contributed by atoms with Gasteiger partial charge in [-0.05, 0) is 30.9 Å². The molecule has 1 aliphatic rings. The van der Waals surface area contributed by atoms with Crippen molar-refractivity contribution in [3.63, 3.8) is 0 Å². The van der Waals surface area contributed by atoms with Crippen LogP contribution in [-0.4, -0.2) is 25.6 Å².